The van der Waals surface area contributed by atoms with Gasteiger partial charge in [-0.2, -0.15) is 5.06 Å². The van der Waals surface area contributed by atoms with Gasteiger partial charge in [0.25, 0.3) is 0 Å². The van der Waals surface area contributed by atoms with Crippen molar-refractivity contribution in [3.05, 3.63) is 47.5 Å². The normalized spacial score (nSPS) is 30.9. The van der Waals surface area contributed by atoms with Crippen LogP contribution in [0.1, 0.15) is 97.1 Å². The second-order valence-electron chi connectivity index (χ2n) is 16.2. The topological polar surface area (TPSA) is 103 Å². The number of methoxy groups -OCH3 is 1. The second kappa shape index (κ2) is 15.3. The SMILES string of the molecule is CCCCCCCC1CNc2cccc(-c3cccc(CN4O[C@@H](CO)[C@H]([C@H](C)O)[C@H]4C(=O)N[C@H]4CC5C[C@@H]([C@@H]4C)C5(C)C)c3OC)c2C1. The lowest BCUT2D eigenvalue weighted by molar-refractivity contribution is -0.183. The van der Waals surface area contributed by atoms with Crippen LogP contribution in [0.3, 0.4) is 0 Å². The highest BCUT2D eigenvalue weighted by molar-refractivity contribution is 5.83. The van der Waals surface area contributed by atoms with Gasteiger partial charge in [-0.1, -0.05) is 90.1 Å². The van der Waals surface area contributed by atoms with Crippen LogP contribution in [0.25, 0.3) is 11.1 Å². The van der Waals surface area contributed by atoms with Crippen LogP contribution in [0, 0.1) is 35.0 Å². The van der Waals surface area contributed by atoms with Crippen molar-refractivity contribution in [2.45, 2.75) is 123 Å². The van der Waals surface area contributed by atoms with Crippen molar-refractivity contribution < 1.29 is 24.6 Å². The Labute approximate surface area is 294 Å². The number of hydrogen-bond donors (Lipinski definition) is 4. The maximum absolute atomic E-state index is 14.2. The molecule has 7 rings (SSSR count). The van der Waals surface area contributed by atoms with Gasteiger partial charge in [0.15, 0.2) is 0 Å². The molecular weight excluding hydrogens is 614 g/mol. The molecule has 4 N–H and O–H groups in total. The average Bonchev–Trinajstić information content (AvgIpc) is 3.47. The fourth-order valence-corrected chi connectivity index (χ4v) is 9.90. The third-order valence-corrected chi connectivity index (χ3v) is 12.9. The number of para-hydroxylation sites is 1. The number of fused-ring (bicyclic) bond motifs is 3. The van der Waals surface area contributed by atoms with E-state index in [9.17, 15) is 15.0 Å². The van der Waals surface area contributed by atoms with Gasteiger partial charge in [0.1, 0.15) is 17.9 Å². The molecule has 1 saturated heterocycles. The number of unbranched alkanes of at least 4 members (excludes halogenated alkanes) is 4. The van der Waals surface area contributed by atoms with Gasteiger partial charge >= 0.3 is 0 Å². The second-order valence-corrected chi connectivity index (χ2v) is 16.2. The number of hydroxylamine groups is 2. The van der Waals surface area contributed by atoms with Crippen LogP contribution >= 0.6 is 0 Å². The van der Waals surface area contributed by atoms with Crippen molar-refractivity contribution in [1.82, 2.24) is 10.4 Å². The van der Waals surface area contributed by atoms with Gasteiger partial charge in [0.05, 0.1) is 26.4 Å². The molecule has 0 spiro atoms. The standard InChI is InChI=1S/C41H61N3O5/c1-7-8-9-10-11-14-27-19-32-30(16-13-18-34(32)42-22-27)31-17-12-15-28(39(31)48-6)23-44-38(37(26(3)46)36(24-45)49-44)40(47)43-35-21-29-20-33(25(35)2)41(29,4)5/h12-13,15-18,25-27,29,33,35-38,42,45-46H,7-11,14,19-24H2,1-6H3,(H,43,47)/t25-,26-,27?,29?,33-,35-,36-,37-,38-/m0/s1. The molecule has 0 radical (unpaired) electrons. The molecular formula is C41H61N3O5. The van der Waals surface area contributed by atoms with E-state index in [1.54, 1.807) is 19.1 Å². The van der Waals surface area contributed by atoms with Gasteiger partial charge in [-0.3, -0.25) is 9.63 Å². The van der Waals surface area contributed by atoms with Crippen molar-refractivity contribution in [3.63, 3.8) is 0 Å². The van der Waals surface area contributed by atoms with Crippen LogP contribution in [-0.2, 0) is 22.6 Å². The maximum Gasteiger partial charge on any atom is 0.240 e. The molecule has 2 aliphatic heterocycles. The molecule has 0 aromatic heterocycles. The summed E-state index contributed by atoms with van der Waals surface area (Å²) in [5, 5.41) is 30.0. The quantitative estimate of drug-likeness (QED) is 0.161. The Morgan fingerprint density at radius 1 is 1.12 bits per heavy atom. The summed E-state index contributed by atoms with van der Waals surface area (Å²) in [5.74, 6) is 2.22. The monoisotopic (exact) mass is 675 g/mol. The number of ether oxygens (including phenoxy) is 1. The highest BCUT2D eigenvalue weighted by Gasteiger charge is 2.57. The third-order valence-electron chi connectivity index (χ3n) is 12.9. The molecule has 2 aromatic carbocycles. The summed E-state index contributed by atoms with van der Waals surface area (Å²) >= 11 is 0. The minimum atomic E-state index is -0.842. The van der Waals surface area contributed by atoms with E-state index in [1.807, 2.05) is 12.1 Å². The number of aliphatic hydroxyl groups is 2. The Hall–Kier alpha value is -2.65. The molecule has 49 heavy (non-hydrogen) atoms. The Morgan fingerprint density at radius 2 is 1.88 bits per heavy atom. The van der Waals surface area contributed by atoms with Gasteiger partial charge in [0, 0.05) is 35.3 Å². The molecule has 1 amide bonds. The number of amides is 1. The number of benzene rings is 2. The number of carbonyl (C=O) groups is 1. The van der Waals surface area contributed by atoms with Crippen LogP contribution < -0.4 is 15.4 Å². The van der Waals surface area contributed by atoms with Crippen LogP contribution in [0.2, 0.25) is 0 Å². The van der Waals surface area contributed by atoms with Gasteiger partial charge in [-0.15, -0.1) is 0 Å². The zero-order valence-corrected chi connectivity index (χ0v) is 30.7. The van der Waals surface area contributed by atoms with Crippen LogP contribution in [0.15, 0.2) is 36.4 Å². The fourth-order valence-electron chi connectivity index (χ4n) is 9.90. The van der Waals surface area contributed by atoms with E-state index in [2.05, 4.69) is 62.6 Å². The molecule has 9 atom stereocenters. The van der Waals surface area contributed by atoms with Gasteiger partial charge in [-0.25, -0.2) is 0 Å². The van der Waals surface area contributed by atoms with Crippen LogP contribution in [0.4, 0.5) is 5.69 Å². The number of hydrogen-bond acceptors (Lipinski definition) is 7. The molecule has 2 aromatic rings. The molecule has 2 heterocycles. The lowest BCUT2D eigenvalue weighted by Gasteiger charge is -2.62. The summed E-state index contributed by atoms with van der Waals surface area (Å²) in [7, 11) is 1.70. The van der Waals surface area contributed by atoms with E-state index in [1.165, 1.54) is 61.8 Å². The Kier molecular flexibility index (Phi) is 11.3. The summed E-state index contributed by atoms with van der Waals surface area (Å²) in [6.07, 6.45) is 9.42. The van der Waals surface area contributed by atoms with Crippen molar-refractivity contribution in [2.75, 3.05) is 25.6 Å². The highest BCUT2D eigenvalue weighted by Crippen LogP contribution is 2.61. The van der Waals surface area contributed by atoms with Crippen LogP contribution in [0.5, 0.6) is 5.75 Å². The van der Waals surface area contributed by atoms with Gasteiger partial charge in [-0.05, 0) is 78.9 Å². The van der Waals surface area contributed by atoms with E-state index in [-0.39, 0.29) is 25.1 Å². The lowest BCUT2D eigenvalue weighted by Crippen LogP contribution is -2.62. The minimum absolute atomic E-state index is 0.0878. The number of carbonyl (C=O) groups excluding carboxylic acids is 1. The summed E-state index contributed by atoms with van der Waals surface area (Å²) in [6, 6.07) is 12.0. The summed E-state index contributed by atoms with van der Waals surface area (Å²) < 4.78 is 6.15. The number of anilines is 1. The van der Waals surface area contributed by atoms with Gasteiger partial charge < -0.3 is 25.6 Å². The summed E-state index contributed by atoms with van der Waals surface area (Å²) in [4.78, 5) is 20.5. The van der Waals surface area contributed by atoms with E-state index < -0.39 is 24.2 Å². The van der Waals surface area contributed by atoms with Crippen molar-refractivity contribution >= 4 is 11.6 Å². The molecule has 4 fully saturated rings. The lowest BCUT2D eigenvalue weighted by atomic mass is 9.45. The molecule has 3 saturated carbocycles. The van der Waals surface area contributed by atoms with Crippen molar-refractivity contribution in [1.29, 1.82) is 0 Å². The van der Waals surface area contributed by atoms with E-state index in [0.717, 1.165) is 36.3 Å². The largest absolute Gasteiger partial charge is 0.496 e. The molecule has 2 bridgehead atoms. The predicted octanol–water partition coefficient (Wildman–Crippen LogP) is 6.97. The molecule has 8 nitrogen and oxygen atoms in total. The van der Waals surface area contributed by atoms with Crippen molar-refractivity contribution in [3.8, 4) is 16.9 Å². The fraction of sp³-hybridized carbons (Fsp3) is 0.683. The van der Waals surface area contributed by atoms with E-state index in [4.69, 9.17) is 9.57 Å². The van der Waals surface area contributed by atoms with Crippen molar-refractivity contribution in [2.24, 2.45) is 35.0 Å². The first-order chi connectivity index (χ1) is 23.6. The van der Waals surface area contributed by atoms with E-state index >= 15 is 0 Å². The molecule has 8 heteroatoms. The number of nitrogens with one attached hydrogen (secondary N) is 2. The zero-order valence-electron chi connectivity index (χ0n) is 30.7. The first kappa shape index (κ1) is 36.2. The number of aliphatic hydroxyl groups excluding tert-OH is 2. The predicted molar refractivity (Wildman–Crippen MR) is 195 cm³/mol. The molecule has 5 aliphatic rings. The zero-order chi connectivity index (χ0) is 34.9. The van der Waals surface area contributed by atoms with Gasteiger partial charge in [0.2, 0.25) is 5.91 Å². The molecule has 270 valence electrons. The smallest absolute Gasteiger partial charge is 0.240 e. The van der Waals surface area contributed by atoms with Crippen LogP contribution in [-0.4, -0.2) is 65.7 Å². The Morgan fingerprint density at radius 3 is 2.57 bits per heavy atom. The number of rotatable bonds is 14. The third kappa shape index (κ3) is 7.13. The summed E-state index contributed by atoms with van der Waals surface area (Å²) in [6.45, 7) is 11.9. The summed E-state index contributed by atoms with van der Waals surface area (Å²) in [5.41, 5.74) is 5.91. The first-order valence-electron chi connectivity index (χ1n) is 19.1. The first-order valence-corrected chi connectivity index (χ1v) is 19.1. The molecule has 3 aliphatic carbocycles. The highest BCUT2D eigenvalue weighted by atomic mass is 16.7. The Bertz CT molecular complexity index is 1440. The average molecular weight is 676 g/mol. The molecule has 2 unspecified atom stereocenters. The van der Waals surface area contributed by atoms with E-state index in [0.29, 0.717) is 29.1 Å². The Balaban J connectivity index is 1.24. The minimum Gasteiger partial charge on any atom is -0.496 e. The number of nitrogens with zero attached hydrogens (tertiary/aromatic N) is 1. The maximum atomic E-state index is 14.2.